The second kappa shape index (κ2) is 7.97. The Bertz CT molecular complexity index is 980. The van der Waals surface area contributed by atoms with Crippen molar-refractivity contribution < 1.29 is 19.8 Å². The fourth-order valence-electron chi connectivity index (χ4n) is 2.71. The number of phenolic OH excluding ortho intramolecular Hbond substituents is 1. The minimum Gasteiger partial charge on any atom is -0.507 e. The van der Waals surface area contributed by atoms with Gasteiger partial charge in [0.15, 0.2) is 0 Å². The number of aromatic nitrogens is 1. The van der Waals surface area contributed by atoms with Gasteiger partial charge in [-0.1, -0.05) is 35.9 Å². The highest BCUT2D eigenvalue weighted by Crippen LogP contribution is 2.25. The van der Waals surface area contributed by atoms with Crippen LogP contribution in [0.15, 0.2) is 60.7 Å². The van der Waals surface area contributed by atoms with E-state index < -0.39 is 11.9 Å². The molecule has 0 unspecified atom stereocenters. The Morgan fingerprint density at radius 1 is 1.00 bits per heavy atom. The van der Waals surface area contributed by atoms with Gasteiger partial charge in [0.05, 0.1) is 17.7 Å². The monoisotopic (exact) mass is 384 g/mol. The van der Waals surface area contributed by atoms with E-state index >= 15 is 0 Å². The number of carbonyl (C=O) groups excluding carboxylic acids is 1. The molecule has 0 radical (unpaired) electrons. The molecule has 0 aliphatic heterocycles. The van der Waals surface area contributed by atoms with E-state index in [2.05, 4.69) is 5.43 Å². The molecular weight excluding hydrogens is 368 g/mol. The summed E-state index contributed by atoms with van der Waals surface area (Å²) in [6, 6.07) is 16.8. The van der Waals surface area contributed by atoms with Crippen LogP contribution in [0.4, 0.5) is 0 Å². The van der Waals surface area contributed by atoms with Crippen LogP contribution in [0.25, 0.3) is 11.3 Å². The predicted molar refractivity (Wildman–Crippen MR) is 103 cm³/mol. The van der Waals surface area contributed by atoms with E-state index in [-0.39, 0.29) is 24.2 Å². The minimum atomic E-state index is -0.928. The molecule has 1 aromatic heterocycles. The van der Waals surface area contributed by atoms with Crippen molar-refractivity contribution in [3.05, 3.63) is 76.9 Å². The quantitative estimate of drug-likeness (QED) is 0.600. The van der Waals surface area contributed by atoms with Crippen molar-refractivity contribution >= 4 is 23.5 Å². The minimum absolute atomic E-state index is 0.0729. The Hall–Kier alpha value is -3.25. The van der Waals surface area contributed by atoms with Crippen LogP contribution in [-0.2, 0) is 11.2 Å². The highest BCUT2D eigenvalue weighted by molar-refractivity contribution is 6.30. The normalized spacial score (nSPS) is 10.6. The summed E-state index contributed by atoms with van der Waals surface area (Å²) >= 11 is 5.94. The SMILES string of the molecule is O=C(O)CCc1ccc(-c2ccc(Cl)cc2)n1NC(=O)c1ccccc1O. The Morgan fingerprint density at radius 3 is 2.37 bits per heavy atom. The molecule has 7 heteroatoms. The Balaban J connectivity index is 1.98. The van der Waals surface area contributed by atoms with Crippen LogP contribution in [0.3, 0.4) is 0 Å². The number of carboxylic acid groups (broad SMARTS) is 1. The van der Waals surface area contributed by atoms with Crippen LogP contribution in [0.2, 0.25) is 5.02 Å². The van der Waals surface area contributed by atoms with Crippen molar-refractivity contribution in [3.63, 3.8) is 0 Å². The van der Waals surface area contributed by atoms with Gasteiger partial charge in [-0.05, 0) is 36.4 Å². The van der Waals surface area contributed by atoms with Crippen LogP contribution < -0.4 is 5.43 Å². The lowest BCUT2D eigenvalue weighted by atomic mass is 10.1. The lowest BCUT2D eigenvalue weighted by Gasteiger charge is -2.15. The van der Waals surface area contributed by atoms with E-state index in [1.54, 1.807) is 53.2 Å². The number of hydrogen-bond donors (Lipinski definition) is 3. The van der Waals surface area contributed by atoms with Crippen LogP contribution in [0, 0.1) is 0 Å². The van der Waals surface area contributed by atoms with E-state index in [1.165, 1.54) is 12.1 Å². The second-order valence-corrected chi connectivity index (χ2v) is 6.34. The molecule has 6 nitrogen and oxygen atoms in total. The molecule has 0 atom stereocenters. The fourth-order valence-corrected chi connectivity index (χ4v) is 2.84. The smallest absolute Gasteiger partial charge is 0.303 e. The number of rotatable bonds is 6. The van der Waals surface area contributed by atoms with E-state index in [1.807, 2.05) is 0 Å². The van der Waals surface area contributed by atoms with Crippen molar-refractivity contribution in [2.24, 2.45) is 0 Å². The summed E-state index contributed by atoms with van der Waals surface area (Å²) < 4.78 is 1.54. The molecular formula is C20H17ClN2O4. The van der Waals surface area contributed by atoms with E-state index in [4.69, 9.17) is 16.7 Å². The number of aryl methyl sites for hydroxylation is 1. The molecule has 1 amide bonds. The van der Waals surface area contributed by atoms with Crippen LogP contribution in [-0.4, -0.2) is 26.8 Å². The number of para-hydroxylation sites is 1. The highest BCUT2D eigenvalue weighted by atomic mass is 35.5. The summed E-state index contributed by atoms with van der Waals surface area (Å²) in [6.07, 6.45) is 0.167. The van der Waals surface area contributed by atoms with Crippen molar-refractivity contribution in [3.8, 4) is 17.0 Å². The molecule has 0 bridgehead atoms. The van der Waals surface area contributed by atoms with Gasteiger partial charge in [-0.2, -0.15) is 0 Å². The van der Waals surface area contributed by atoms with Crippen LogP contribution in [0.5, 0.6) is 5.75 Å². The number of phenols is 1. The molecule has 0 saturated carbocycles. The molecule has 138 valence electrons. The largest absolute Gasteiger partial charge is 0.507 e. The zero-order chi connectivity index (χ0) is 19.4. The van der Waals surface area contributed by atoms with Gasteiger partial charge in [0.25, 0.3) is 5.91 Å². The number of halogens is 1. The third-order valence-corrected chi connectivity index (χ3v) is 4.31. The summed E-state index contributed by atoms with van der Waals surface area (Å²) in [5.74, 6) is -1.57. The maximum atomic E-state index is 12.6. The van der Waals surface area contributed by atoms with Crippen molar-refractivity contribution in [1.29, 1.82) is 0 Å². The maximum Gasteiger partial charge on any atom is 0.303 e. The zero-order valence-corrected chi connectivity index (χ0v) is 15.0. The van der Waals surface area contributed by atoms with Gasteiger partial charge in [0, 0.05) is 22.7 Å². The van der Waals surface area contributed by atoms with Gasteiger partial charge in [0.1, 0.15) is 5.75 Å². The van der Waals surface area contributed by atoms with Gasteiger partial charge in [-0.15, -0.1) is 0 Å². The number of aromatic hydroxyl groups is 1. The number of carboxylic acids is 1. The van der Waals surface area contributed by atoms with Crippen LogP contribution in [0.1, 0.15) is 22.5 Å². The second-order valence-electron chi connectivity index (χ2n) is 5.90. The van der Waals surface area contributed by atoms with Gasteiger partial charge in [-0.25, -0.2) is 0 Å². The third kappa shape index (κ3) is 4.30. The number of aliphatic carboxylic acids is 1. The first-order chi connectivity index (χ1) is 13.0. The number of hydrogen-bond acceptors (Lipinski definition) is 3. The van der Waals surface area contributed by atoms with Crippen molar-refractivity contribution in [2.45, 2.75) is 12.8 Å². The standard InChI is InChI=1S/C20H17ClN2O4/c21-14-7-5-13(6-8-14)17-11-9-15(10-12-19(25)26)23(17)22-20(27)16-3-1-2-4-18(16)24/h1-9,11,24H,10,12H2,(H,22,27)(H,25,26). The highest BCUT2D eigenvalue weighted by Gasteiger charge is 2.16. The molecule has 0 aliphatic carbocycles. The zero-order valence-electron chi connectivity index (χ0n) is 14.2. The first-order valence-corrected chi connectivity index (χ1v) is 8.61. The molecule has 0 fully saturated rings. The van der Waals surface area contributed by atoms with Crippen LogP contribution >= 0.6 is 11.6 Å². The first-order valence-electron chi connectivity index (χ1n) is 8.23. The topological polar surface area (TPSA) is 91.6 Å². The molecule has 3 N–H and O–H groups in total. The summed E-state index contributed by atoms with van der Waals surface area (Å²) in [4.78, 5) is 23.6. The molecule has 0 saturated heterocycles. The summed E-state index contributed by atoms with van der Waals surface area (Å²) in [6.45, 7) is 0. The van der Waals surface area contributed by atoms with E-state index in [0.717, 1.165) is 5.56 Å². The van der Waals surface area contributed by atoms with Gasteiger partial charge >= 0.3 is 5.97 Å². The van der Waals surface area contributed by atoms with Crippen molar-refractivity contribution in [2.75, 3.05) is 5.43 Å². The summed E-state index contributed by atoms with van der Waals surface area (Å²) in [5.41, 5.74) is 4.98. The molecule has 2 aromatic carbocycles. The Labute approximate surface area is 160 Å². The number of nitrogens with zero attached hydrogens (tertiary/aromatic N) is 1. The number of nitrogens with one attached hydrogen (secondary N) is 1. The average molecular weight is 385 g/mol. The lowest BCUT2D eigenvalue weighted by molar-refractivity contribution is -0.136. The van der Waals surface area contributed by atoms with E-state index in [0.29, 0.717) is 16.4 Å². The molecule has 3 rings (SSSR count). The molecule has 0 spiro atoms. The molecule has 0 aliphatic rings. The maximum absolute atomic E-state index is 12.6. The third-order valence-electron chi connectivity index (χ3n) is 4.06. The first kappa shape index (κ1) is 18.5. The molecule has 1 heterocycles. The summed E-state index contributed by atoms with van der Waals surface area (Å²) in [7, 11) is 0. The predicted octanol–water partition coefficient (Wildman–Crippen LogP) is 3.92. The van der Waals surface area contributed by atoms with Crippen molar-refractivity contribution in [1.82, 2.24) is 4.68 Å². The molecule has 3 aromatic rings. The fraction of sp³-hybridized carbons (Fsp3) is 0.100. The Morgan fingerprint density at radius 2 is 1.70 bits per heavy atom. The molecule has 27 heavy (non-hydrogen) atoms. The lowest BCUT2D eigenvalue weighted by Crippen LogP contribution is -2.25. The van der Waals surface area contributed by atoms with Gasteiger partial charge in [-0.3, -0.25) is 19.7 Å². The number of carbonyl (C=O) groups is 2. The number of benzene rings is 2. The van der Waals surface area contributed by atoms with Gasteiger partial charge in [0.2, 0.25) is 0 Å². The Kier molecular flexibility index (Phi) is 5.47. The van der Waals surface area contributed by atoms with E-state index in [9.17, 15) is 14.7 Å². The summed E-state index contributed by atoms with van der Waals surface area (Å²) in [5, 5.41) is 19.5. The number of amides is 1. The van der Waals surface area contributed by atoms with Gasteiger partial charge < -0.3 is 10.2 Å². The average Bonchev–Trinajstić information content (AvgIpc) is 3.03.